The molecule has 5 rings (SSSR count). The van der Waals surface area contributed by atoms with Crippen molar-refractivity contribution in [2.24, 2.45) is 0 Å². The van der Waals surface area contributed by atoms with Gasteiger partial charge in [0.05, 0.1) is 37.2 Å². The van der Waals surface area contributed by atoms with Gasteiger partial charge in [0.25, 0.3) is 0 Å². The molecule has 0 saturated carbocycles. The molecule has 0 amide bonds. The molecule has 10 heteroatoms. The highest BCUT2D eigenvalue weighted by atomic mass is 28.4. The Bertz CT molecular complexity index is 1520. The van der Waals surface area contributed by atoms with E-state index in [4.69, 9.17) is 33.5 Å². The molecule has 2 aromatic heterocycles. The molecular formula is C35H48N4O5Si. The third-order valence-corrected chi connectivity index (χ3v) is 13.0. The van der Waals surface area contributed by atoms with Crippen LogP contribution in [0.2, 0.25) is 18.1 Å². The van der Waals surface area contributed by atoms with Gasteiger partial charge in [0, 0.05) is 18.6 Å². The summed E-state index contributed by atoms with van der Waals surface area (Å²) in [6.07, 6.45) is 7.26. The lowest BCUT2D eigenvalue weighted by Gasteiger charge is -2.36. The van der Waals surface area contributed by atoms with Gasteiger partial charge >= 0.3 is 0 Å². The molecule has 0 spiro atoms. The molecule has 2 atom stereocenters. The first-order valence-electron chi connectivity index (χ1n) is 16.1. The fourth-order valence-corrected chi connectivity index (χ4v) is 5.96. The second-order valence-corrected chi connectivity index (χ2v) is 18.0. The number of fused-ring (bicyclic) bond motifs is 1. The SMILES string of the molecule is C[C@@H](CCOCCOc1cncc(-c2nn(C3CCCCO3)c3ccc(O[Si](C)(C)C(C)(C)C)cc23)n1)OCc1ccccc1. The lowest BCUT2D eigenvalue weighted by Crippen LogP contribution is -2.43. The van der Waals surface area contributed by atoms with E-state index in [0.29, 0.717) is 38.0 Å². The zero-order valence-corrected chi connectivity index (χ0v) is 28.6. The fourth-order valence-electron chi connectivity index (χ4n) is 4.94. The summed E-state index contributed by atoms with van der Waals surface area (Å²) in [6.45, 7) is 16.1. The highest BCUT2D eigenvalue weighted by Gasteiger charge is 2.39. The van der Waals surface area contributed by atoms with E-state index in [-0.39, 0.29) is 17.4 Å². The maximum Gasteiger partial charge on any atom is 0.250 e. The van der Waals surface area contributed by atoms with Gasteiger partial charge in [-0.25, -0.2) is 9.67 Å². The average molecular weight is 633 g/mol. The molecule has 0 radical (unpaired) electrons. The molecule has 3 heterocycles. The minimum Gasteiger partial charge on any atom is -0.543 e. The van der Waals surface area contributed by atoms with E-state index < -0.39 is 8.32 Å². The van der Waals surface area contributed by atoms with Crippen LogP contribution in [0.1, 0.15) is 65.2 Å². The Hall–Kier alpha value is -3.31. The minimum atomic E-state index is -2.03. The Balaban J connectivity index is 1.23. The molecule has 45 heavy (non-hydrogen) atoms. The molecule has 0 aliphatic carbocycles. The highest BCUT2D eigenvalue weighted by Crippen LogP contribution is 2.39. The molecule has 1 aliphatic heterocycles. The summed E-state index contributed by atoms with van der Waals surface area (Å²) in [6, 6.07) is 16.4. The molecule has 242 valence electrons. The quantitative estimate of drug-likeness (QED) is 0.102. The molecule has 1 saturated heterocycles. The summed E-state index contributed by atoms with van der Waals surface area (Å²) in [4.78, 5) is 9.22. The Morgan fingerprint density at radius 1 is 1.02 bits per heavy atom. The van der Waals surface area contributed by atoms with E-state index in [1.807, 2.05) is 22.9 Å². The number of rotatable bonds is 14. The predicted molar refractivity (Wildman–Crippen MR) is 179 cm³/mol. The number of ether oxygens (including phenoxy) is 4. The van der Waals surface area contributed by atoms with Crippen molar-refractivity contribution in [3.8, 4) is 23.0 Å². The molecule has 1 unspecified atom stereocenters. The summed E-state index contributed by atoms with van der Waals surface area (Å²) in [5, 5.41) is 6.08. The van der Waals surface area contributed by atoms with E-state index >= 15 is 0 Å². The molecule has 9 nitrogen and oxygen atoms in total. The lowest BCUT2D eigenvalue weighted by molar-refractivity contribution is -0.0365. The van der Waals surface area contributed by atoms with Crippen LogP contribution in [-0.2, 0) is 20.8 Å². The van der Waals surface area contributed by atoms with E-state index in [1.54, 1.807) is 12.4 Å². The maximum absolute atomic E-state index is 6.67. The van der Waals surface area contributed by atoms with Gasteiger partial charge in [0.15, 0.2) is 6.23 Å². The van der Waals surface area contributed by atoms with Crippen LogP contribution in [0, 0.1) is 0 Å². The van der Waals surface area contributed by atoms with Crippen molar-refractivity contribution in [2.75, 3.05) is 26.4 Å². The van der Waals surface area contributed by atoms with Crippen LogP contribution in [0.4, 0.5) is 0 Å². The van der Waals surface area contributed by atoms with Gasteiger partial charge in [0.2, 0.25) is 14.2 Å². The second kappa shape index (κ2) is 14.9. The Kier molecular flexibility index (Phi) is 10.9. The number of aromatic nitrogens is 4. The largest absolute Gasteiger partial charge is 0.543 e. The van der Waals surface area contributed by atoms with Crippen molar-refractivity contribution >= 4 is 19.2 Å². The van der Waals surface area contributed by atoms with E-state index in [9.17, 15) is 0 Å². The highest BCUT2D eigenvalue weighted by molar-refractivity contribution is 6.74. The smallest absolute Gasteiger partial charge is 0.250 e. The zero-order valence-electron chi connectivity index (χ0n) is 27.6. The van der Waals surface area contributed by atoms with Crippen LogP contribution in [0.5, 0.6) is 11.6 Å². The predicted octanol–water partition coefficient (Wildman–Crippen LogP) is 7.97. The van der Waals surface area contributed by atoms with E-state index in [2.05, 4.69) is 76.1 Å². The normalized spacial score (nSPS) is 16.5. The average Bonchev–Trinajstić information content (AvgIpc) is 3.41. The summed E-state index contributed by atoms with van der Waals surface area (Å²) < 4.78 is 32.5. The van der Waals surface area contributed by atoms with Crippen LogP contribution >= 0.6 is 0 Å². The Labute approximate surface area is 268 Å². The summed E-state index contributed by atoms with van der Waals surface area (Å²) in [7, 11) is -2.03. The maximum atomic E-state index is 6.67. The first kappa shape index (κ1) is 33.1. The molecule has 4 aromatic rings. The van der Waals surface area contributed by atoms with Gasteiger partial charge in [-0.3, -0.25) is 4.98 Å². The monoisotopic (exact) mass is 632 g/mol. The number of nitrogens with zero attached hydrogens (tertiary/aromatic N) is 4. The van der Waals surface area contributed by atoms with Crippen LogP contribution in [-0.4, -0.2) is 60.6 Å². The summed E-state index contributed by atoms with van der Waals surface area (Å²) in [5.74, 6) is 1.28. The molecule has 1 fully saturated rings. The number of benzene rings is 2. The van der Waals surface area contributed by atoms with Crippen LogP contribution < -0.4 is 9.16 Å². The van der Waals surface area contributed by atoms with Gasteiger partial charge in [0.1, 0.15) is 23.7 Å². The van der Waals surface area contributed by atoms with Crippen LogP contribution in [0.3, 0.4) is 0 Å². The van der Waals surface area contributed by atoms with Gasteiger partial charge in [-0.15, -0.1) is 0 Å². The molecule has 1 aliphatic rings. The third-order valence-electron chi connectivity index (χ3n) is 8.66. The summed E-state index contributed by atoms with van der Waals surface area (Å²) in [5.41, 5.74) is 3.53. The zero-order chi connectivity index (χ0) is 31.9. The Morgan fingerprint density at radius 2 is 1.84 bits per heavy atom. The van der Waals surface area contributed by atoms with Gasteiger partial charge < -0.3 is 23.4 Å². The molecule has 0 N–H and O–H groups in total. The second-order valence-electron chi connectivity index (χ2n) is 13.3. The van der Waals surface area contributed by atoms with Crippen molar-refractivity contribution < 1.29 is 23.4 Å². The third kappa shape index (κ3) is 8.69. The van der Waals surface area contributed by atoms with Gasteiger partial charge in [-0.1, -0.05) is 51.1 Å². The summed E-state index contributed by atoms with van der Waals surface area (Å²) >= 11 is 0. The van der Waals surface area contributed by atoms with Crippen LogP contribution in [0.15, 0.2) is 60.9 Å². The van der Waals surface area contributed by atoms with Gasteiger partial charge in [-0.2, -0.15) is 5.10 Å². The first-order chi connectivity index (χ1) is 21.6. The van der Waals surface area contributed by atoms with E-state index in [0.717, 1.165) is 54.6 Å². The van der Waals surface area contributed by atoms with Gasteiger partial charge in [-0.05, 0) is 74.5 Å². The van der Waals surface area contributed by atoms with Crippen molar-refractivity contribution in [3.05, 3.63) is 66.5 Å². The first-order valence-corrected chi connectivity index (χ1v) is 19.0. The Morgan fingerprint density at radius 3 is 2.60 bits per heavy atom. The van der Waals surface area contributed by atoms with Crippen molar-refractivity contribution in [1.29, 1.82) is 0 Å². The van der Waals surface area contributed by atoms with E-state index in [1.165, 1.54) is 5.56 Å². The standard InChI is InChI=1S/C35H48N4O5Si/c1-26(43-25-27-12-8-7-9-13-27)17-19-40-20-21-41-32-24-36-23-30(37-32)34-29-22-28(44-45(5,6)35(2,3)4)15-16-31(29)39(38-34)33-14-10-11-18-42-33/h7-9,12-13,15-16,22-24,26,33H,10-11,14,17-21,25H2,1-6H3/t26-,33?/m0/s1. The lowest BCUT2D eigenvalue weighted by atomic mass is 10.1. The minimum absolute atomic E-state index is 0.0835. The van der Waals surface area contributed by atoms with Crippen molar-refractivity contribution in [2.45, 2.75) is 90.4 Å². The fraction of sp³-hybridized carbons (Fsp3) is 0.514. The molecule has 0 bridgehead atoms. The van der Waals surface area contributed by atoms with Crippen molar-refractivity contribution in [1.82, 2.24) is 19.7 Å². The molecular weight excluding hydrogens is 584 g/mol. The topological polar surface area (TPSA) is 89.8 Å². The van der Waals surface area contributed by atoms with Crippen molar-refractivity contribution in [3.63, 3.8) is 0 Å². The van der Waals surface area contributed by atoms with Crippen LogP contribution in [0.25, 0.3) is 22.3 Å². The number of hydrogen-bond donors (Lipinski definition) is 0. The molecule has 2 aromatic carbocycles. The number of hydrogen-bond acceptors (Lipinski definition) is 8.